The third kappa shape index (κ3) is 3.18. The lowest BCUT2D eigenvalue weighted by atomic mass is 10.3. The molecule has 0 saturated carbocycles. The van der Waals surface area contributed by atoms with Crippen molar-refractivity contribution in [2.45, 2.75) is 0 Å². The van der Waals surface area contributed by atoms with E-state index in [4.69, 9.17) is 0 Å². The molecule has 5 heteroatoms. The van der Waals surface area contributed by atoms with E-state index in [9.17, 15) is 4.79 Å². The van der Waals surface area contributed by atoms with Crippen LogP contribution in [0.1, 0.15) is 10.4 Å². The molecule has 1 amide bonds. The molecule has 0 radical (unpaired) electrons. The summed E-state index contributed by atoms with van der Waals surface area (Å²) in [4.78, 5) is 19.6. The van der Waals surface area contributed by atoms with Gasteiger partial charge in [0.15, 0.2) is 6.79 Å². The lowest BCUT2D eigenvalue weighted by Gasteiger charge is -2.03. The van der Waals surface area contributed by atoms with Crippen molar-refractivity contribution in [1.82, 2.24) is 10.5 Å². The summed E-state index contributed by atoms with van der Waals surface area (Å²) in [5, 5.41) is 0. The van der Waals surface area contributed by atoms with Crippen LogP contribution in [0.3, 0.4) is 0 Å². The minimum Gasteiger partial charge on any atom is -0.356 e. The zero-order valence-corrected chi connectivity index (χ0v) is 7.19. The summed E-state index contributed by atoms with van der Waals surface area (Å²) in [5.41, 5.74) is 2.64. The second kappa shape index (κ2) is 5.23. The van der Waals surface area contributed by atoms with Crippen LogP contribution in [0.4, 0.5) is 0 Å². The molecule has 0 atom stereocenters. The number of methoxy groups -OCH3 is 1. The van der Waals surface area contributed by atoms with Crippen molar-refractivity contribution in [1.29, 1.82) is 0 Å². The highest BCUT2D eigenvalue weighted by molar-refractivity contribution is 5.92. The Bertz CT molecular complexity index is 263. The Balaban J connectivity index is 2.40. The first-order valence-corrected chi connectivity index (χ1v) is 3.65. The quantitative estimate of drug-likeness (QED) is 0.414. The Hall–Kier alpha value is -1.46. The molecule has 0 aliphatic heterocycles. The summed E-state index contributed by atoms with van der Waals surface area (Å²) in [5.74, 6) is -0.342. The van der Waals surface area contributed by atoms with Crippen LogP contribution in [0, 0.1) is 0 Å². The number of hydroxylamine groups is 1. The van der Waals surface area contributed by atoms with E-state index in [1.807, 2.05) is 0 Å². The van der Waals surface area contributed by atoms with Gasteiger partial charge in [-0.2, -0.15) is 0 Å². The van der Waals surface area contributed by atoms with Crippen LogP contribution in [-0.2, 0) is 9.57 Å². The van der Waals surface area contributed by atoms with E-state index in [2.05, 4.69) is 20.0 Å². The van der Waals surface area contributed by atoms with Crippen molar-refractivity contribution < 1.29 is 14.4 Å². The fourth-order valence-corrected chi connectivity index (χ4v) is 0.710. The number of hydrogen-bond donors (Lipinski definition) is 1. The van der Waals surface area contributed by atoms with Crippen molar-refractivity contribution in [3.8, 4) is 0 Å². The molecule has 0 bridgehead atoms. The molecule has 0 unspecified atom stereocenters. The van der Waals surface area contributed by atoms with E-state index in [1.165, 1.54) is 13.3 Å². The lowest BCUT2D eigenvalue weighted by molar-refractivity contribution is -0.0704. The van der Waals surface area contributed by atoms with Crippen molar-refractivity contribution in [2.24, 2.45) is 0 Å². The molecule has 1 N–H and O–H groups in total. The average Bonchev–Trinajstić information content (AvgIpc) is 2.19. The molecule has 0 aromatic carbocycles. The van der Waals surface area contributed by atoms with E-state index >= 15 is 0 Å². The molecule has 0 saturated heterocycles. The number of nitrogens with one attached hydrogen (secondary N) is 1. The van der Waals surface area contributed by atoms with E-state index in [0.29, 0.717) is 5.56 Å². The van der Waals surface area contributed by atoms with Gasteiger partial charge in [-0.1, -0.05) is 0 Å². The molecule has 5 nitrogen and oxygen atoms in total. The topological polar surface area (TPSA) is 60.5 Å². The van der Waals surface area contributed by atoms with Gasteiger partial charge in [0.05, 0.1) is 5.56 Å². The van der Waals surface area contributed by atoms with Gasteiger partial charge in [0.2, 0.25) is 0 Å². The zero-order chi connectivity index (χ0) is 9.52. The molecular weight excluding hydrogens is 172 g/mol. The van der Waals surface area contributed by atoms with Gasteiger partial charge in [-0.05, 0) is 12.1 Å². The number of carbonyl (C=O) groups excluding carboxylic acids is 1. The molecule has 0 aliphatic rings. The molecule has 1 rings (SSSR count). The molecular formula is C8H10N2O3. The Morgan fingerprint density at radius 1 is 1.69 bits per heavy atom. The minimum atomic E-state index is -0.342. The standard InChI is InChI=1S/C8H10N2O3/c1-12-6-13-10-8(11)7-3-2-4-9-5-7/h2-5H,6H2,1H3,(H,10,11). The molecule has 1 heterocycles. The first-order valence-electron chi connectivity index (χ1n) is 3.65. The van der Waals surface area contributed by atoms with Crippen molar-refractivity contribution >= 4 is 5.91 Å². The Morgan fingerprint density at radius 3 is 3.15 bits per heavy atom. The van der Waals surface area contributed by atoms with Crippen LogP contribution in [-0.4, -0.2) is 24.8 Å². The fraction of sp³-hybridized carbons (Fsp3) is 0.250. The number of hydrogen-bond acceptors (Lipinski definition) is 4. The molecule has 0 aliphatic carbocycles. The van der Waals surface area contributed by atoms with Crippen molar-refractivity contribution in [3.05, 3.63) is 30.1 Å². The fourth-order valence-electron chi connectivity index (χ4n) is 0.710. The molecule has 0 spiro atoms. The van der Waals surface area contributed by atoms with E-state index in [1.54, 1.807) is 18.3 Å². The maximum atomic E-state index is 11.2. The van der Waals surface area contributed by atoms with E-state index < -0.39 is 0 Å². The Labute approximate surface area is 75.6 Å². The Kier molecular flexibility index (Phi) is 3.87. The van der Waals surface area contributed by atoms with Crippen LogP contribution in [0.5, 0.6) is 0 Å². The summed E-state index contributed by atoms with van der Waals surface area (Å²) < 4.78 is 4.58. The van der Waals surface area contributed by atoms with Crippen molar-refractivity contribution in [2.75, 3.05) is 13.9 Å². The average molecular weight is 182 g/mol. The van der Waals surface area contributed by atoms with Gasteiger partial charge in [0.1, 0.15) is 0 Å². The number of ether oxygens (including phenoxy) is 1. The maximum absolute atomic E-state index is 11.2. The van der Waals surface area contributed by atoms with Gasteiger partial charge < -0.3 is 4.74 Å². The SMILES string of the molecule is COCONC(=O)c1cccnc1. The monoisotopic (exact) mass is 182 g/mol. The predicted octanol–water partition coefficient (Wildman–Crippen LogP) is 0.347. The molecule has 70 valence electrons. The molecule has 0 fully saturated rings. The van der Waals surface area contributed by atoms with Gasteiger partial charge in [0.25, 0.3) is 5.91 Å². The largest absolute Gasteiger partial charge is 0.356 e. The Morgan fingerprint density at radius 2 is 2.54 bits per heavy atom. The summed E-state index contributed by atoms with van der Waals surface area (Å²) >= 11 is 0. The number of pyridine rings is 1. The predicted molar refractivity (Wildman–Crippen MR) is 44.7 cm³/mol. The van der Waals surface area contributed by atoms with Gasteiger partial charge in [-0.25, -0.2) is 10.3 Å². The van der Waals surface area contributed by atoms with Gasteiger partial charge >= 0.3 is 0 Å². The first kappa shape index (κ1) is 9.63. The van der Waals surface area contributed by atoms with Crippen LogP contribution in [0.15, 0.2) is 24.5 Å². The minimum absolute atomic E-state index is 0.0198. The number of amides is 1. The highest BCUT2D eigenvalue weighted by Gasteiger charge is 2.03. The number of rotatable bonds is 4. The highest BCUT2D eigenvalue weighted by atomic mass is 16.8. The summed E-state index contributed by atoms with van der Waals surface area (Å²) in [6.45, 7) is 0.0198. The number of nitrogens with zero attached hydrogens (tertiary/aromatic N) is 1. The number of carbonyl (C=O) groups is 1. The van der Waals surface area contributed by atoms with Gasteiger partial charge in [-0.3, -0.25) is 9.78 Å². The molecule has 1 aromatic rings. The van der Waals surface area contributed by atoms with Crippen LogP contribution < -0.4 is 5.48 Å². The number of aromatic nitrogens is 1. The van der Waals surface area contributed by atoms with Gasteiger partial charge in [-0.15, -0.1) is 0 Å². The van der Waals surface area contributed by atoms with Crippen LogP contribution >= 0.6 is 0 Å². The summed E-state index contributed by atoms with van der Waals surface area (Å²) in [6.07, 6.45) is 3.04. The van der Waals surface area contributed by atoms with Crippen LogP contribution in [0.2, 0.25) is 0 Å². The maximum Gasteiger partial charge on any atom is 0.276 e. The third-order valence-corrected chi connectivity index (χ3v) is 1.27. The van der Waals surface area contributed by atoms with Crippen LogP contribution in [0.25, 0.3) is 0 Å². The second-order valence-corrected chi connectivity index (χ2v) is 2.22. The van der Waals surface area contributed by atoms with E-state index in [0.717, 1.165) is 0 Å². The lowest BCUT2D eigenvalue weighted by Crippen LogP contribution is -2.24. The van der Waals surface area contributed by atoms with E-state index in [-0.39, 0.29) is 12.7 Å². The zero-order valence-electron chi connectivity index (χ0n) is 7.19. The van der Waals surface area contributed by atoms with Gasteiger partial charge in [0, 0.05) is 19.5 Å². The normalized spacial score (nSPS) is 9.62. The summed E-state index contributed by atoms with van der Waals surface area (Å²) in [6, 6.07) is 3.31. The second-order valence-electron chi connectivity index (χ2n) is 2.22. The summed E-state index contributed by atoms with van der Waals surface area (Å²) in [7, 11) is 1.47. The first-order chi connectivity index (χ1) is 6.34. The molecule has 1 aromatic heterocycles. The third-order valence-electron chi connectivity index (χ3n) is 1.27. The highest BCUT2D eigenvalue weighted by Crippen LogP contribution is 1.94. The van der Waals surface area contributed by atoms with Crippen molar-refractivity contribution in [3.63, 3.8) is 0 Å². The molecule has 13 heavy (non-hydrogen) atoms. The smallest absolute Gasteiger partial charge is 0.276 e.